The molecule has 0 bridgehead atoms. The minimum atomic E-state index is -0.322. The molecule has 8 heteroatoms. The van der Waals surface area contributed by atoms with Crippen LogP contribution >= 0.6 is 0 Å². The first-order chi connectivity index (χ1) is 20.1. The number of nitrogens with one attached hydrogen (secondary N) is 1. The minimum Gasteiger partial charge on any atom is -0.321 e. The van der Waals surface area contributed by atoms with E-state index in [0.29, 0.717) is 24.0 Å². The average molecular weight is 566 g/mol. The van der Waals surface area contributed by atoms with Gasteiger partial charge in [0.15, 0.2) is 0 Å². The Bertz CT molecular complexity index is 1530. The van der Waals surface area contributed by atoms with E-state index in [9.17, 15) is 10.1 Å². The summed E-state index contributed by atoms with van der Waals surface area (Å²) in [4.78, 5) is 21.4. The lowest BCUT2D eigenvalue weighted by atomic mass is 9.57. The molecule has 1 aliphatic heterocycles. The predicted molar refractivity (Wildman–Crippen MR) is 163 cm³/mol. The fraction of sp³-hybridized carbons (Fsp3) is 0.559. The van der Waals surface area contributed by atoms with Gasteiger partial charge in [0.25, 0.3) is 5.91 Å². The summed E-state index contributed by atoms with van der Waals surface area (Å²) in [5.41, 5.74) is 5.62. The lowest BCUT2D eigenvalue weighted by Gasteiger charge is -2.46. The zero-order chi connectivity index (χ0) is 29.6. The quantitative estimate of drug-likeness (QED) is 0.372. The van der Waals surface area contributed by atoms with Crippen LogP contribution in [0.1, 0.15) is 111 Å². The first kappa shape index (κ1) is 28.5. The summed E-state index contributed by atoms with van der Waals surface area (Å²) in [6.45, 7) is 11.3. The van der Waals surface area contributed by atoms with E-state index >= 15 is 0 Å². The van der Waals surface area contributed by atoms with Crippen LogP contribution in [0.3, 0.4) is 0 Å². The first-order valence-electron chi connectivity index (χ1n) is 15.5. The van der Waals surface area contributed by atoms with Gasteiger partial charge in [-0.3, -0.25) is 9.69 Å². The molecule has 3 aliphatic rings. The van der Waals surface area contributed by atoms with Gasteiger partial charge in [0.2, 0.25) is 0 Å². The predicted octanol–water partition coefficient (Wildman–Crippen LogP) is 6.09. The second-order valence-corrected chi connectivity index (χ2v) is 13.7. The monoisotopic (exact) mass is 565 g/mol. The second-order valence-electron chi connectivity index (χ2n) is 13.7. The van der Waals surface area contributed by atoms with Crippen molar-refractivity contribution in [1.29, 1.82) is 5.26 Å². The van der Waals surface area contributed by atoms with Gasteiger partial charge >= 0.3 is 0 Å². The van der Waals surface area contributed by atoms with Crippen molar-refractivity contribution >= 4 is 11.6 Å². The van der Waals surface area contributed by atoms with Crippen molar-refractivity contribution in [3.05, 3.63) is 70.6 Å². The van der Waals surface area contributed by atoms with E-state index in [2.05, 4.69) is 72.4 Å². The third-order valence-electron chi connectivity index (χ3n) is 10.2. The highest BCUT2D eigenvalue weighted by molar-refractivity contribution is 6.03. The van der Waals surface area contributed by atoms with Crippen LogP contribution in [0.5, 0.6) is 0 Å². The summed E-state index contributed by atoms with van der Waals surface area (Å²) in [7, 11) is 1.96. The summed E-state index contributed by atoms with van der Waals surface area (Å²) in [6, 6.07) is 12.7. The van der Waals surface area contributed by atoms with Crippen molar-refractivity contribution in [3.63, 3.8) is 0 Å². The van der Waals surface area contributed by atoms with E-state index < -0.39 is 0 Å². The molecule has 1 amide bonds. The number of rotatable bonds is 7. The highest BCUT2D eigenvalue weighted by atomic mass is 16.1. The molecule has 1 saturated heterocycles. The van der Waals surface area contributed by atoms with E-state index in [1.807, 2.05) is 23.7 Å². The zero-order valence-corrected chi connectivity index (χ0v) is 25.7. The van der Waals surface area contributed by atoms with Crippen LogP contribution in [-0.2, 0) is 24.3 Å². The minimum absolute atomic E-state index is 0.0537. The summed E-state index contributed by atoms with van der Waals surface area (Å²) in [5.74, 6) is 1.74. The number of anilines is 1. The summed E-state index contributed by atoms with van der Waals surface area (Å²) >= 11 is 0. The lowest BCUT2D eigenvalue weighted by molar-refractivity contribution is 0.102. The van der Waals surface area contributed by atoms with E-state index in [4.69, 9.17) is 4.98 Å². The van der Waals surface area contributed by atoms with Crippen LogP contribution in [0.4, 0.5) is 5.69 Å². The Morgan fingerprint density at radius 3 is 2.79 bits per heavy atom. The third-order valence-corrected chi connectivity index (χ3v) is 10.2. The van der Waals surface area contributed by atoms with Gasteiger partial charge in [-0.05, 0) is 98.7 Å². The van der Waals surface area contributed by atoms with Gasteiger partial charge in [0.05, 0.1) is 17.2 Å². The maximum atomic E-state index is 13.8. The molecule has 0 unspecified atom stereocenters. The molecular weight excluding hydrogens is 522 g/mol. The SMILES string of the molecule is C[C@H]1CCCN([C@@H](C)c2cc(C(=O)Nc3cccc(C4(c5nncn5C)CC(CC#N)C4)c3)nc3c2CCC3(C)C)C1. The molecular formula is C34H43N7O. The normalized spacial score (nSPS) is 25.7. The second kappa shape index (κ2) is 10.9. The van der Waals surface area contributed by atoms with Crippen molar-refractivity contribution in [1.82, 2.24) is 24.6 Å². The Kier molecular flexibility index (Phi) is 7.43. The number of likely N-dealkylation sites (tertiary alicyclic amines) is 1. The Balaban J connectivity index is 1.30. The Morgan fingerprint density at radius 1 is 1.26 bits per heavy atom. The number of carbonyl (C=O) groups excluding carboxylic acids is 1. The van der Waals surface area contributed by atoms with Gasteiger partial charge in [-0.15, -0.1) is 10.2 Å². The molecule has 2 atom stereocenters. The molecule has 8 nitrogen and oxygen atoms in total. The van der Waals surface area contributed by atoms with Crippen LogP contribution in [0.2, 0.25) is 0 Å². The number of piperidine rings is 1. The highest BCUT2D eigenvalue weighted by Crippen LogP contribution is 2.53. The molecule has 1 N–H and O–H groups in total. The van der Waals surface area contributed by atoms with Crippen LogP contribution in [0.15, 0.2) is 36.7 Å². The third kappa shape index (κ3) is 5.02. The number of aryl methyl sites for hydroxylation is 1. The van der Waals surface area contributed by atoms with E-state index in [-0.39, 0.29) is 22.8 Å². The molecule has 0 spiro atoms. The number of aromatic nitrogens is 4. The molecule has 3 heterocycles. The molecule has 1 aromatic carbocycles. The average Bonchev–Trinajstić information content (AvgIpc) is 3.51. The Hall–Kier alpha value is -3.57. The first-order valence-corrected chi connectivity index (χ1v) is 15.5. The molecule has 2 aromatic heterocycles. The van der Waals surface area contributed by atoms with Gasteiger partial charge < -0.3 is 9.88 Å². The van der Waals surface area contributed by atoms with Gasteiger partial charge in [0.1, 0.15) is 17.8 Å². The molecule has 6 rings (SSSR count). The van der Waals surface area contributed by atoms with E-state index in [0.717, 1.165) is 61.5 Å². The zero-order valence-electron chi connectivity index (χ0n) is 25.7. The number of nitriles is 1. The summed E-state index contributed by atoms with van der Waals surface area (Å²) in [5, 5.41) is 21.1. The van der Waals surface area contributed by atoms with Crippen molar-refractivity contribution in [2.75, 3.05) is 18.4 Å². The Labute approximate surface area is 249 Å². The summed E-state index contributed by atoms with van der Waals surface area (Å²) < 4.78 is 1.97. The van der Waals surface area contributed by atoms with E-state index in [1.165, 1.54) is 24.0 Å². The van der Waals surface area contributed by atoms with Crippen LogP contribution in [0, 0.1) is 23.2 Å². The van der Waals surface area contributed by atoms with Crippen molar-refractivity contribution in [2.24, 2.45) is 18.9 Å². The van der Waals surface area contributed by atoms with Crippen molar-refractivity contribution in [2.45, 2.75) is 89.5 Å². The number of pyridine rings is 1. The smallest absolute Gasteiger partial charge is 0.274 e. The van der Waals surface area contributed by atoms with Gasteiger partial charge in [-0.25, -0.2) is 4.98 Å². The lowest BCUT2D eigenvalue weighted by Crippen LogP contribution is -2.44. The van der Waals surface area contributed by atoms with Gasteiger partial charge in [0, 0.05) is 37.2 Å². The van der Waals surface area contributed by atoms with Crippen LogP contribution < -0.4 is 5.32 Å². The van der Waals surface area contributed by atoms with Crippen LogP contribution in [0.25, 0.3) is 0 Å². The molecule has 1 saturated carbocycles. The number of amides is 1. The standard InChI is InChI=1S/C34H43N7O/c1-22-8-7-15-41(20-22)23(2)28-17-29(38-30-27(28)11-13-33(30,3)4)31(42)37-26-10-6-9-25(16-26)34(18-24(19-34)12-14-35)32-39-36-21-40(32)5/h6,9-10,16-17,21-24H,7-8,11-13,15,18-20H2,1-5H3,(H,37,42)/t22-,23-,24?,34?/m0/s1. The van der Waals surface area contributed by atoms with Crippen molar-refractivity contribution in [3.8, 4) is 6.07 Å². The molecule has 2 aliphatic carbocycles. The maximum Gasteiger partial charge on any atom is 0.274 e. The van der Waals surface area contributed by atoms with Gasteiger partial charge in [-0.2, -0.15) is 5.26 Å². The van der Waals surface area contributed by atoms with Crippen LogP contribution in [-0.4, -0.2) is 43.6 Å². The number of hydrogen-bond acceptors (Lipinski definition) is 6. The number of fused-ring (bicyclic) bond motifs is 1. The Morgan fingerprint density at radius 2 is 2.07 bits per heavy atom. The van der Waals surface area contributed by atoms with Crippen molar-refractivity contribution < 1.29 is 4.79 Å². The molecule has 2 fully saturated rings. The number of carbonyl (C=O) groups is 1. The largest absolute Gasteiger partial charge is 0.321 e. The fourth-order valence-corrected chi connectivity index (χ4v) is 7.79. The van der Waals surface area contributed by atoms with Gasteiger partial charge in [-0.1, -0.05) is 32.9 Å². The topological polar surface area (TPSA) is 99.7 Å². The molecule has 220 valence electrons. The maximum absolute atomic E-state index is 13.8. The number of hydrogen-bond donors (Lipinski definition) is 1. The summed E-state index contributed by atoms with van der Waals surface area (Å²) in [6.07, 6.45) is 8.51. The number of nitrogens with zero attached hydrogens (tertiary/aromatic N) is 6. The molecule has 3 aromatic rings. The molecule has 0 radical (unpaired) electrons. The number of benzene rings is 1. The van der Waals surface area contributed by atoms with E-state index in [1.54, 1.807) is 6.33 Å². The highest BCUT2D eigenvalue weighted by Gasteiger charge is 2.49. The fourth-order valence-electron chi connectivity index (χ4n) is 7.79. The molecule has 42 heavy (non-hydrogen) atoms.